The number of rotatable bonds is 2. The van der Waals surface area contributed by atoms with Gasteiger partial charge in [-0.1, -0.05) is 19.9 Å². The first-order valence-corrected chi connectivity index (χ1v) is 9.03. The molecule has 0 unspecified atom stereocenters. The van der Waals surface area contributed by atoms with Crippen molar-refractivity contribution < 1.29 is 4.79 Å². The number of aldehydes is 1. The Balaban J connectivity index is 2.00. The SMILES string of the molecule is Cc1cccn2c(=O)c(C=O)c(N3C[C@@H]4CCC(C)(C)[C@]3(C)C4)nc12. The molecule has 0 aromatic carbocycles. The predicted octanol–water partition coefficient (Wildman–Crippen LogP) is 3.22. The minimum Gasteiger partial charge on any atom is -0.350 e. The summed E-state index contributed by atoms with van der Waals surface area (Å²) in [4.78, 5) is 31.8. The zero-order chi connectivity index (χ0) is 18.0. The van der Waals surface area contributed by atoms with Gasteiger partial charge in [0.05, 0.1) is 0 Å². The summed E-state index contributed by atoms with van der Waals surface area (Å²) in [7, 11) is 0. The quantitative estimate of drug-likeness (QED) is 0.788. The number of aromatic nitrogens is 2. The van der Waals surface area contributed by atoms with Gasteiger partial charge in [0, 0.05) is 18.3 Å². The van der Waals surface area contributed by atoms with Gasteiger partial charge in [0.2, 0.25) is 0 Å². The summed E-state index contributed by atoms with van der Waals surface area (Å²) in [6.45, 7) is 9.67. The molecule has 1 saturated carbocycles. The third-order valence-corrected chi connectivity index (χ3v) is 6.80. The lowest BCUT2D eigenvalue weighted by Crippen LogP contribution is -2.53. The van der Waals surface area contributed by atoms with E-state index in [-0.39, 0.29) is 22.1 Å². The van der Waals surface area contributed by atoms with E-state index >= 15 is 0 Å². The van der Waals surface area contributed by atoms with E-state index in [9.17, 15) is 9.59 Å². The second-order valence-corrected chi connectivity index (χ2v) is 8.53. The molecule has 0 N–H and O–H groups in total. The van der Waals surface area contributed by atoms with Crippen LogP contribution in [0.4, 0.5) is 5.82 Å². The lowest BCUT2D eigenvalue weighted by Gasteiger charge is -2.49. The molecule has 2 aromatic heterocycles. The Morgan fingerprint density at radius 3 is 2.80 bits per heavy atom. The van der Waals surface area contributed by atoms with Crippen LogP contribution in [0.25, 0.3) is 5.65 Å². The molecule has 0 spiro atoms. The van der Waals surface area contributed by atoms with Crippen LogP contribution in [0.1, 0.15) is 56.0 Å². The highest BCUT2D eigenvalue weighted by Crippen LogP contribution is 2.55. The van der Waals surface area contributed by atoms with Crippen LogP contribution in [0.2, 0.25) is 0 Å². The zero-order valence-corrected chi connectivity index (χ0v) is 15.4. The van der Waals surface area contributed by atoms with Gasteiger partial charge in [-0.05, 0) is 56.1 Å². The van der Waals surface area contributed by atoms with E-state index in [4.69, 9.17) is 4.98 Å². The molecule has 2 aromatic rings. The van der Waals surface area contributed by atoms with Crippen molar-refractivity contribution in [1.29, 1.82) is 0 Å². The molecule has 2 fully saturated rings. The van der Waals surface area contributed by atoms with Gasteiger partial charge in [0.15, 0.2) is 6.29 Å². The summed E-state index contributed by atoms with van der Waals surface area (Å²) in [6, 6.07) is 3.76. The van der Waals surface area contributed by atoms with E-state index in [1.165, 1.54) is 10.8 Å². The van der Waals surface area contributed by atoms with Crippen molar-refractivity contribution in [3.05, 3.63) is 39.8 Å². The summed E-state index contributed by atoms with van der Waals surface area (Å²) in [5, 5.41) is 0. The molecule has 25 heavy (non-hydrogen) atoms. The molecule has 1 aliphatic heterocycles. The number of hydrogen-bond donors (Lipinski definition) is 0. The normalized spacial score (nSPS) is 27.7. The molecule has 4 rings (SSSR count). The average Bonchev–Trinajstić information content (AvgIpc) is 2.88. The Bertz CT molecular complexity index is 930. The Morgan fingerprint density at radius 1 is 1.32 bits per heavy atom. The van der Waals surface area contributed by atoms with E-state index in [1.807, 2.05) is 19.1 Å². The Morgan fingerprint density at radius 2 is 2.08 bits per heavy atom. The summed E-state index contributed by atoms with van der Waals surface area (Å²) in [5.74, 6) is 1.17. The minimum atomic E-state index is -0.276. The predicted molar refractivity (Wildman–Crippen MR) is 98.5 cm³/mol. The first kappa shape index (κ1) is 16.3. The highest BCUT2D eigenvalue weighted by Gasteiger charge is 2.55. The topological polar surface area (TPSA) is 54.7 Å². The molecule has 1 saturated heterocycles. The van der Waals surface area contributed by atoms with Gasteiger partial charge in [0.1, 0.15) is 17.0 Å². The largest absolute Gasteiger partial charge is 0.350 e. The van der Waals surface area contributed by atoms with Crippen LogP contribution in [0.5, 0.6) is 0 Å². The number of aryl methyl sites for hydroxylation is 1. The zero-order valence-electron chi connectivity index (χ0n) is 15.4. The molecular formula is C20H25N3O2. The number of anilines is 1. The van der Waals surface area contributed by atoms with Crippen LogP contribution in [0.3, 0.4) is 0 Å². The van der Waals surface area contributed by atoms with Crippen LogP contribution in [-0.4, -0.2) is 27.8 Å². The Labute approximate surface area is 147 Å². The molecule has 2 atom stereocenters. The fourth-order valence-electron chi connectivity index (χ4n) is 4.80. The number of carbonyl (C=O) groups is 1. The highest BCUT2D eigenvalue weighted by atomic mass is 16.1. The van der Waals surface area contributed by atoms with Crippen molar-refractivity contribution >= 4 is 17.8 Å². The standard InChI is InChI=1S/C20H25N3O2/c1-13-6-5-9-22-16(13)21-17(15(12-24)18(22)25)23-11-14-7-8-19(2,3)20(23,4)10-14/h5-6,9,12,14H,7-8,10-11H2,1-4H3/t14-,20+/m1/s1. The van der Waals surface area contributed by atoms with Crippen LogP contribution in [-0.2, 0) is 0 Å². The molecule has 132 valence electrons. The number of hydrogen-bond acceptors (Lipinski definition) is 4. The van der Waals surface area contributed by atoms with E-state index in [2.05, 4.69) is 25.7 Å². The third kappa shape index (κ3) is 2.11. The molecule has 0 radical (unpaired) electrons. The second kappa shape index (κ2) is 5.16. The van der Waals surface area contributed by atoms with Crippen LogP contribution < -0.4 is 10.5 Å². The maximum atomic E-state index is 12.9. The van der Waals surface area contributed by atoms with Crippen molar-refractivity contribution in [3.63, 3.8) is 0 Å². The lowest BCUT2D eigenvalue weighted by molar-refractivity contribution is 0.111. The fraction of sp³-hybridized carbons (Fsp3) is 0.550. The van der Waals surface area contributed by atoms with Crippen molar-refractivity contribution in [2.45, 2.75) is 52.5 Å². The maximum absolute atomic E-state index is 12.9. The molecule has 1 aliphatic carbocycles. The number of fused-ring (bicyclic) bond motifs is 3. The van der Waals surface area contributed by atoms with Gasteiger partial charge in [-0.15, -0.1) is 0 Å². The summed E-state index contributed by atoms with van der Waals surface area (Å²) in [5.41, 5.74) is 1.49. The van der Waals surface area contributed by atoms with Gasteiger partial charge < -0.3 is 4.90 Å². The molecule has 2 bridgehead atoms. The van der Waals surface area contributed by atoms with Gasteiger partial charge in [-0.3, -0.25) is 14.0 Å². The monoisotopic (exact) mass is 339 g/mol. The fourth-order valence-corrected chi connectivity index (χ4v) is 4.80. The Hall–Kier alpha value is -2.17. The van der Waals surface area contributed by atoms with Gasteiger partial charge in [0.25, 0.3) is 5.56 Å². The molecule has 5 nitrogen and oxygen atoms in total. The second-order valence-electron chi connectivity index (χ2n) is 8.53. The number of carbonyl (C=O) groups excluding carboxylic acids is 1. The minimum absolute atomic E-state index is 0.0891. The summed E-state index contributed by atoms with van der Waals surface area (Å²) in [6.07, 6.45) is 5.81. The molecule has 0 amide bonds. The highest BCUT2D eigenvalue weighted by molar-refractivity contribution is 5.84. The molecular weight excluding hydrogens is 314 g/mol. The smallest absolute Gasteiger partial charge is 0.270 e. The Kier molecular flexibility index (Phi) is 3.37. The van der Waals surface area contributed by atoms with Gasteiger partial charge in [-0.25, -0.2) is 4.98 Å². The summed E-state index contributed by atoms with van der Waals surface area (Å²) < 4.78 is 1.48. The van der Waals surface area contributed by atoms with Crippen molar-refractivity contribution in [2.24, 2.45) is 11.3 Å². The van der Waals surface area contributed by atoms with Crippen molar-refractivity contribution in [3.8, 4) is 0 Å². The van der Waals surface area contributed by atoms with Crippen molar-refractivity contribution in [1.82, 2.24) is 9.38 Å². The summed E-state index contributed by atoms with van der Waals surface area (Å²) >= 11 is 0. The molecule has 3 heterocycles. The van der Waals surface area contributed by atoms with Crippen LogP contribution in [0, 0.1) is 18.3 Å². The molecule has 5 heteroatoms. The molecule has 2 aliphatic rings. The van der Waals surface area contributed by atoms with Crippen molar-refractivity contribution in [2.75, 3.05) is 11.4 Å². The lowest BCUT2D eigenvalue weighted by atomic mass is 9.63. The van der Waals surface area contributed by atoms with Crippen LogP contribution in [0.15, 0.2) is 23.1 Å². The van der Waals surface area contributed by atoms with Gasteiger partial charge >= 0.3 is 0 Å². The van der Waals surface area contributed by atoms with E-state index in [0.717, 1.165) is 24.9 Å². The van der Waals surface area contributed by atoms with E-state index in [0.29, 0.717) is 23.7 Å². The maximum Gasteiger partial charge on any atom is 0.270 e. The first-order chi connectivity index (χ1) is 11.8. The van der Waals surface area contributed by atoms with E-state index in [1.54, 1.807) is 6.20 Å². The van der Waals surface area contributed by atoms with Crippen LogP contribution >= 0.6 is 0 Å². The van der Waals surface area contributed by atoms with E-state index < -0.39 is 0 Å². The number of nitrogens with zero attached hydrogens (tertiary/aromatic N) is 3. The third-order valence-electron chi connectivity index (χ3n) is 6.80. The number of pyridine rings is 1. The average molecular weight is 339 g/mol. The van der Waals surface area contributed by atoms with Gasteiger partial charge in [-0.2, -0.15) is 0 Å². The first-order valence-electron chi connectivity index (χ1n) is 9.03.